The van der Waals surface area contributed by atoms with Gasteiger partial charge >= 0.3 is 5.97 Å². The molecule has 16 heavy (non-hydrogen) atoms. The van der Waals surface area contributed by atoms with Crippen molar-refractivity contribution >= 4 is 11.7 Å². The summed E-state index contributed by atoms with van der Waals surface area (Å²) in [6, 6.07) is 3.53. The second kappa shape index (κ2) is 4.00. The highest BCUT2D eigenvalue weighted by molar-refractivity contribution is 5.79. The maximum Gasteiger partial charge on any atom is 0.326 e. The molecule has 2 rings (SSSR count). The number of carbonyl (C=O) groups is 1. The molecule has 1 aromatic carbocycles. The predicted octanol–water partition coefficient (Wildman–Crippen LogP) is 1.58. The van der Waals surface area contributed by atoms with Gasteiger partial charge in [-0.25, -0.2) is 9.18 Å². The fraction of sp³-hybridized carbons (Fsp3) is 0.364. The van der Waals surface area contributed by atoms with Gasteiger partial charge in [0.2, 0.25) is 0 Å². The largest absolute Gasteiger partial charge is 0.505 e. The lowest BCUT2D eigenvalue weighted by atomic mass is 10.2. The zero-order valence-corrected chi connectivity index (χ0v) is 8.56. The maximum absolute atomic E-state index is 13.6. The first-order chi connectivity index (χ1) is 7.61. The molecule has 1 aliphatic rings. The van der Waals surface area contributed by atoms with Crippen LogP contribution >= 0.6 is 0 Å². The topological polar surface area (TPSA) is 60.8 Å². The first kappa shape index (κ1) is 10.7. The van der Waals surface area contributed by atoms with E-state index >= 15 is 0 Å². The Labute approximate surface area is 91.9 Å². The molecule has 1 fully saturated rings. The molecular weight excluding hydrogens is 213 g/mol. The van der Waals surface area contributed by atoms with Crippen molar-refractivity contribution in [1.29, 1.82) is 0 Å². The Morgan fingerprint density at radius 2 is 2.25 bits per heavy atom. The fourth-order valence-corrected chi connectivity index (χ4v) is 2.04. The highest BCUT2D eigenvalue weighted by atomic mass is 19.1. The van der Waals surface area contributed by atoms with E-state index in [4.69, 9.17) is 5.11 Å². The molecule has 1 unspecified atom stereocenters. The van der Waals surface area contributed by atoms with Gasteiger partial charge in [0.1, 0.15) is 6.04 Å². The highest BCUT2D eigenvalue weighted by Gasteiger charge is 2.32. The zero-order chi connectivity index (χ0) is 11.7. The Balaban J connectivity index is 2.36. The molecule has 0 radical (unpaired) electrons. The average molecular weight is 225 g/mol. The molecule has 0 aromatic heterocycles. The second-order valence-electron chi connectivity index (χ2n) is 3.80. The first-order valence-corrected chi connectivity index (χ1v) is 5.08. The fourth-order valence-electron chi connectivity index (χ4n) is 2.04. The van der Waals surface area contributed by atoms with E-state index in [-0.39, 0.29) is 5.69 Å². The number of halogens is 1. The number of hydrogen-bond donors (Lipinski definition) is 2. The number of carboxylic acid groups (broad SMARTS) is 1. The summed E-state index contributed by atoms with van der Waals surface area (Å²) in [6.07, 6.45) is 1.22. The van der Waals surface area contributed by atoms with Gasteiger partial charge in [0.15, 0.2) is 11.6 Å². The Morgan fingerprint density at radius 1 is 1.50 bits per heavy atom. The van der Waals surface area contributed by atoms with Gasteiger partial charge in [-0.2, -0.15) is 0 Å². The van der Waals surface area contributed by atoms with Crippen LogP contribution in [0.4, 0.5) is 10.1 Å². The minimum atomic E-state index is -0.958. The van der Waals surface area contributed by atoms with E-state index in [9.17, 15) is 14.3 Å². The summed E-state index contributed by atoms with van der Waals surface area (Å²) in [5, 5.41) is 18.2. The van der Waals surface area contributed by atoms with E-state index in [1.54, 1.807) is 0 Å². The third kappa shape index (κ3) is 1.68. The number of nitrogens with zero attached hydrogens (tertiary/aromatic N) is 1. The Hall–Kier alpha value is -1.78. The third-order valence-electron chi connectivity index (χ3n) is 2.81. The quantitative estimate of drug-likeness (QED) is 0.802. The Morgan fingerprint density at radius 3 is 2.94 bits per heavy atom. The Kier molecular flexibility index (Phi) is 2.68. The molecule has 0 bridgehead atoms. The first-order valence-electron chi connectivity index (χ1n) is 5.08. The van der Waals surface area contributed by atoms with Crippen molar-refractivity contribution in [2.24, 2.45) is 0 Å². The SMILES string of the molecule is O=C(O)C1CCCN1c1cccc(O)c1F. The van der Waals surface area contributed by atoms with Crippen LogP contribution in [0.25, 0.3) is 0 Å². The van der Waals surface area contributed by atoms with Gasteiger partial charge < -0.3 is 15.1 Å². The molecule has 1 aromatic rings. The van der Waals surface area contributed by atoms with Crippen LogP contribution in [0, 0.1) is 5.82 Å². The van der Waals surface area contributed by atoms with Crippen molar-refractivity contribution in [3.63, 3.8) is 0 Å². The number of aliphatic carboxylic acids is 1. The van der Waals surface area contributed by atoms with E-state index in [2.05, 4.69) is 0 Å². The van der Waals surface area contributed by atoms with Gasteiger partial charge in [-0.15, -0.1) is 0 Å². The molecule has 1 saturated heterocycles. The molecule has 0 amide bonds. The molecule has 5 heteroatoms. The lowest BCUT2D eigenvalue weighted by Gasteiger charge is -2.24. The van der Waals surface area contributed by atoms with Crippen LogP contribution in [0.5, 0.6) is 5.75 Å². The number of aromatic hydroxyl groups is 1. The van der Waals surface area contributed by atoms with Crippen molar-refractivity contribution in [1.82, 2.24) is 0 Å². The number of phenols is 1. The molecule has 1 aliphatic heterocycles. The summed E-state index contributed by atoms with van der Waals surface area (Å²) in [5.41, 5.74) is 0.157. The van der Waals surface area contributed by atoms with Gasteiger partial charge in [0, 0.05) is 6.54 Å². The smallest absolute Gasteiger partial charge is 0.326 e. The summed E-state index contributed by atoms with van der Waals surface area (Å²) in [5.74, 6) is -2.16. The van der Waals surface area contributed by atoms with Crippen molar-refractivity contribution < 1.29 is 19.4 Å². The normalized spacial score (nSPS) is 20.1. The summed E-state index contributed by atoms with van der Waals surface area (Å²) in [6.45, 7) is 0.497. The molecule has 0 saturated carbocycles. The molecule has 0 spiro atoms. The van der Waals surface area contributed by atoms with Crippen LogP contribution < -0.4 is 4.90 Å². The summed E-state index contributed by atoms with van der Waals surface area (Å²) in [7, 11) is 0. The summed E-state index contributed by atoms with van der Waals surface area (Å²) < 4.78 is 13.6. The maximum atomic E-state index is 13.6. The minimum Gasteiger partial charge on any atom is -0.505 e. The number of rotatable bonds is 2. The van der Waals surface area contributed by atoms with Crippen LogP contribution in [0.3, 0.4) is 0 Å². The number of hydrogen-bond acceptors (Lipinski definition) is 3. The number of carboxylic acids is 1. The zero-order valence-electron chi connectivity index (χ0n) is 8.56. The van der Waals surface area contributed by atoms with E-state index in [0.717, 1.165) is 0 Å². The molecule has 1 atom stereocenters. The van der Waals surface area contributed by atoms with Crippen LogP contribution in [-0.2, 0) is 4.79 Å². The molecule has 0 aliphatic carbocycles. The van der Waals surface area contributed by atoms with Crippen LogP contribution in [-0.4, -0.2) is 28.8 Å². The molecule has 1 heterocycles. The van der Waals surface area contributed by atoms with E-state index in [0.29, 0.717) is 19.4 Å². The second-order valence-corrected chi connectivity index (χ2v) is 3.80. The molecular formula is C11H12FNO3. The lowest BCUT2D eigenvalue weighted by Crippen LogP contribution is -2.36. The van der Waals surface area contributed by atoms with Crippen molar-refractivity contribution in [2.45, 2.75) is 18.9 Å². The van der Waals surface area contributed by atoms with Crippen LogP contribution in [0.15, 0.2) is 18.2 Å². The number of anilines is 1. The van der Waals surface area contributed by atoms with Crippen molar-refractivity contribution in [2.75, 3.05) is 11.4 Å². The van der Waals surface area contributed by atoms with E-state index in [1.807, 2.05) is 0 Å². The predicted molar refractivity (Wildman–Crippen MR) is 56.1 cm³/mol. The monoisotopic (exact) mass is 225 g/mol. The average Bonchev–Trinajstić information content (AvgIpc) is 2.70. The third-order valence-corrected chi connectivity index (χ3v) is 2.81. The van der Waals surface area contributed by atoms with Gasteiger partial charge in [-0.05, 0) is 25.0 Å². The minimum absolute atomic E-state index is 0.157. The van der Waals surface area contributed by atoms with Crippen molar-refractivity contribution in [3.05, 3.63) is 24.0 Å². The van der Waals surface area contributed by atoms with Crippen molar-refractivity contribution in [3.8, 4) is 5.75 Å². The van der Waals surface area contributed by atoms with Crippen LogP contribution in [0.1, 0.15) is 12.8 Å². The van der Waals surface area contributed by atoms with E-state index < -0.39 is 23.6 Å². The molecule has 2 N–H and O–H groups in total. The highest BCUT2D eigenvalue weighted by Crippen LogP contribution is 2.31. The standard InChI is InChI=1S/C11H12FNO3/c12-10-7(3-1-5-9(10)14)13-6-2-4-8(13)11(15)16/h1,3,5,8,14H,2,4,6H2,(H,15,16). The summed E-state index contributed by atoms with van der Waals surface area (Å²) >= 11 is 0. The number of benzene rings is 1. The lowest BCUT2D eigenvalue weighted by molar-refractivity contribution is -0.138. The van der Waals surface area contributed by atoms with Gasteiger partial charge in [-0.3, -0.25) is 0 Å². The molecule has 86 valence electrons. The van der Waals surface area contributed by atoms with Gasteiger partial charge in [-0.1, -0.05) is 6.07 Å². The number of phenolic OH excluding ortho intramolecular Hbond substituents is 1. The Bertz CT molecular complexity index is 422. The van der Waals surface area contributed by atoms with E-state index in [1.165, 1.54) is 23.1 Å². The summed E-state index contributed by atoms with van der Waals surface area (Å²) in [4.78, 5) is 12.4. The van der Waals surface area contributed by atoms with Crippen LogP contribution in [0.2, 0.25) is 0 Å². The van der Waals surface area contributed by atoms with Gasteiger partial charge in [0.25, 0.3) is 0 Å². The molecule has 4 nitrogen and oxygen atoms in total. The van der Waals surface area contributed by atoms with Gasteiger partial charge in [0.05, 0.1) is 5.69 Å².